The van der Waals surface area contributed by atoms with Crippen LogP contribution in [0.3, 0.4) is 0 Å². The van der Waals surface area contributed by atoms with E-state index in [4.69, 9.17) is 40.1 Å². The summed E-state index contributed by atoms with van der Waals surface area (Å²) in [6.45, 7) is 13.2. The van der Waals surface area contributed by atoms with Crippen LogP contribution in [0.15, 0.2) is 43.0 Å². The average Bonchev–Trinajstić information content (AvgIpc) is 1.35. The van der Waals surface area contributed by atoms with Gasteiger partial charge >= 0.3 is 0 Å². The van der Waals surface area contributed by atoms with Gasteiger partial charge in [-0.1, -0.05) is 59.7 Å². The number of imidazole rings is 1. The highest BCUT2D eigenvalue weighted by molar-refractivity contribution is 7.98. The van der Waals surface area contributed by atoms with E-state index in [2.05, 4.69) is 121 Å². The van der Waals surface area contributed by atoms with E-state index >= 15 is 0 Å². The molecule has 3 aromatic rings. The summed E-state index contributed by atoms with van der Waals surface area (Å²) in [7, 11) is 0. The zero-order valence-corrected chi connectivity index (χ0v) is 80.5. The number of amides is 20. The number of aromatic amines is 2. The zero-order valence-electron chi connectivity index (χ0n) is 79.7. The maximum Gasteiger partial charge on any atom is 0.243 e. The number of carbonyl (C=O) groups is 20. The number of nitrogens with two attached hydrogens (primary N) is 7. The number of rotatable bonds is 59. The van der Waals surface area contributed by atoms with E-state index < -0.39 is 241 Å². The van der Waals surface area contributed by atoms with E-state index in [1.54, 1.807) is 58.2 Å². The van der Waals surface area contributed by atoms with Gasteiger partial charge in [-0.15, -0.1) is 0 Å². The number of carbonyl (C=O) groups excluding carboxylic acids is 20. The van der Waals surface area contributed by atoms with E-state index in [-0.39, 0.29) is 134 Å². The molecule has 768 valence electrons. The monoisotopic (exact) mass is 1960 g/mol. The number of thioether (sulfide) groups is 1. The molecule has 4 heterocycles. The molecule has 14 atom stereocenters. The van der Waals surface area contributed by atoms with Gasteiger partial charge in [0, 0.05) is 134 Å². The number of unbranched alkanes of at least 4 members (excludes halogenated alkanes) is 1. The molecule has 36 N–H and O–H groups in total. The lowest BCUT2D eigenvalue weighted by molar-refractivity contribution is -0.136. The Hall–Kier alpha value is -12.6. The van der Waals surface area contributed by atoms with Crippen molar-refractivity contribution in [2.75, 3.05) is 90.5 Å². The van der Waals surface area contributed by atoms with Crippen molar-refractivity contribution in [3.05, 3.63) is 54.2 Å². The highest BCUT2D eigenvalue weighted by Gasteiger charge is 2.39. The number of fused-ring (bicyclic) bond motifs is 1. The van der Waals surface area contributed by atoms with Crippen molar-refractivity contribution in [2.24, 2.45) is 57.9 Å². The molecule has 0 bridgehead atoms. The molecular weight excluding hydrogens is 1820 g/mol. The largest absolute Gasteiger partial charge is 0.370 e. The van der Waals surface area contributed by atoms with Crippen LogP contribution in [-0.4, -0.2) is 307 Å². The average molecular weight is 1960 g/mol. The van der Waals surface area contributed by atoms with Gasteiger partial charge < -0.3 is 151 Å². The molecule has 138 heavy (non-hydrogen) atoms. The third-order valence-electron chi connectivity index (χ3n) is 22.6. The second-order valence-corrected chi connectivity index (χ2v) is 36.7. The van der Waals surface area contributed by atoms with Crippen LogP contribution in [0.4, 0.5) is 0 Å². The normalized spacial score (nSPS) is 18.1. The standard InChI is InChI=1S/C87H144N30O20S/c1-47(2)32-60(113-77(129)56(110-79(131)58(19-22-65(90)118)111-78(130)57-21-24-69(122)106-57)16-11-12-26-99-68(121)17-13-18-70(123)117-87(42-89)45-97-28-27-95-43-86(94,41-88)44-96-29-30-104-87)76(128)101-39-71(124)108-64(36-67(92)120)84(136)112-59(20-23-66(91)119)80(132)115-62(34-51-37-100-54-15-10-9-14-53(51)54)81(133)105-50(7)75(127)116-73(49(5)6)85(137)102-40-72(125)107-63(35-52-38-98-46-103-52)83(135)114-61(33-48(3)4)82(134)109-55(74(93)126)25-31-138-8/h9-10,14-15,37-38,46-50,55-64,73,95-97,100,104H,11-13,16-36,39-45,88-89,94H2,1-8H3,(H2,90,118)(H2,91,119)(H2,92,120)(H2,93,126)(H,98,103)(H,99,121)(H,101,128)(H,102,137)(H,105,133)(H,106,122)(H,107,125)(H,108,124)(H,109,134)(H,110,131)(H,111,130)(H,112,136)(H,113,129)(H,114,135)(H,115,132)(H,116,127)(H,117,123)/t50-,55-,56-,57-,58-,59-,60-,61-,62-,63-,64-,73-,86-,87+/m0/s1. The fraction of sp³-hybridized carbons (Fsp3) is 0.644. The van der Waals surface area contributed by atoms with Crippen molar-refractivity contribution in [1.29, 1.82) is 0 Å². The van der Waals surface area contributed by atoms with Crippen molar-refractivity contribution in [1.82, 2.24) is 121 Å². The molecule has 20 amide bonds. The number of para-hydroxylation sites is 1. The van der Waals surface area contributed by atoms with E-state index in [9.17, 15) is 95.9 Å². The van der Waals surface area contributed by atoms with Crippen LogP contribution in [0, 0.1) is 17.8 Å². The van der Waals surface area contributed by atoms with Crippen molar-refractivity contribution in [3.63, 3.8) is 0 Å². The zero-order chi connectivity index (χ0) is 102. The number of hydrogen-bond acceptors (Lipinski definition) is 29. The van der Waals surface area contributed by atoms with Gasteiger partial charge in [0.05, 0.1) is 37.1 Å². The fourth-order valence-corrected chi connectivity index (χ4v) is 15.3. The second-order valence-electron chi connectivity index (χ2n) is 35.7. The first-order valence-electron chi connectivity index (χ1n) is 46.3. The van der Waals surface area contributed by atoms with Gasteiger partial charge in [-0.3, -0.25) is 101 Å². The van der Waals surface area contributed by atoms with Gasteiger partial charge in [0.25, 0.3) is 0 Å². The molecule has 0 radical (unpaired) electrons. The maximum atomic E-state index is 14.7. The van der Waals surface area contributed by atoms with Gasteiger partial charge in [0.2, 0.25) is 118 Å². The van der Waals surface area contributed by atoms with Gasteiger partial charge in [0.1, 0.15) is 78.2 Å². The van der Waals surface area contributed by atoms with Crippen LogP contribution < -0.4 is 146 Å². The number of nitrogens with one attached hydrogen (secondary N) is 22. The molecule has 5 rings (SSSR count). The first-order chi connectivity index (χ1) is 65.4. The Labute approximate surface area is 804 Å². The van der Waals surface area contributed by atoms with E-state index in [1.165, 1.54) is 31.2 Å². The number of hydrogen-bond donors (Lipinski definition) is 29. The molecule has 50 nitrogen and oxygen atoms in total. The van der Waals surface area contributed by atoms with Crippen LogP contribution in [-0.2, 0) is 109 Å². The second kappa shape index (κ2) is 59.6. The Morgan fingerprint density at radius 2 is 1.01 bits per heavy atom. The Morgan fingerprint density at radius 3 is 1.57 bits per heavy atom. The van der Waals surface area contributed by atoms with Crippen LogP contribution in [0.25, 0.3) is 10.9 Å². The summed E-state index contributed by atoms with van der Waals surface area (Å²) in [6, 6.07) is -10.5. The van der Waals surface area contributed by atoms with Crippen molar-refractivity contribution in [3.8, 4) is 0 Å². The molecular formula is C87H144N30O20S. The number of H-pyrrole nitrogens is 2. The SMILES string of the molecule is CSCC[C@H](NC(=O)[C@H](CC(C)C)NC(=O)[C@H](Cc1c[nH]cn1)NC(=O)CNC(=O)[C@@H](NC(=O)[C@H](C)NC(=O)[C@H](Cc1c[nH]c2ccccc12)NC(=O)[C@H](CCC(N)=O)NC(=O)[C@H](CC(N)=O)NC(=O)CNC(=O)[C@H](CC(C)C)NC(=O)[C@H](CCCCNC(=O)CCCC(=O)N[C@]1(CN)CNCCNC[C@@](N)(CN)CNCCN1)NC(=O)[C@H](CCC(N)=O)NC(=O)[C@@H]1CCC(=O)N1)C(C)C)C(N)=O. The number of aromatic nitrogens is 3. The number of benzene rings is 1. The summed E-state index contributed by atoms with van der Waals surface area (Å²) in [4.78, 5) is 282. The molecule has 2 aliphatic heterocycles. The van der Waals surface area contributed by atoms with Gasteiger partial charge in [-0.2, -0.15) is 11.8 Å². The summed E-state index contributed by atoms with van der Waals surface area (Å²) in [5.74, 6) is -18.0. The molecule has 51 heteroatoms. The highest BCUT2D eigenvalue weighted by Crippen LogP contribution is 2.21. The van der Waals surface area contributed by atoms with Crippen molar-refractivity contribution in [2.45, 2.75) is 248 Å². The lowest BCUT2D eigenvalue weighted by Gasteiger charge is -2.35. The maximum absolute atomic E-state index is 14.7. The number of nitrogens with zero attached hydrogens (tertiary/aromatic N) is 1. The molecule has 0 unspecified atom stereocenters. The highest BCUT2D eigenvalue weighted by atomic mass is 32.2. The lowest BCUT2D eigenvalue weighted by Crippen LogP contribution is -2.68. The van der Waals surface area contributed by atoms with Crippen LogP contribution in [0.1, 0.15) is 162 Å². The minimum absolute atomic E-state index is 0.0163. The third-order valence-corrected chi connectivity index (χ3v) is 23.2. The summed E-state index contributed by atoms with van der Waals surface area (Å²) >= 11 is 1.43. The number of primary amides is 4. The van der Waals surface area contributed by atoms with E-state index in [0.717, 1.165) is 0 Å². The molecule has 2 aromatic heterocycles. The molecule has 0 aliphatic carbocycles. The van der Waals surface area contributed by atoms with Gasteiger partial charge in [0.15, 0.2) is 0 Å². The van der Waals surface area contributed by atoms with Gasteiger partial charge in [-0.25, -0.2) is 4.98 Å². The van der Waals surface area contributed by atoms with Crippen LogP contribution in [0.2, 0.25) is 0 Å². The minimum Gasteiger partial charge on any atom is -0.370 e. The predicted octanol–water partition coefficient (Wildman–Crippen LogP) is -9.81. The smallest absolute Gasteiger partial charge is 0.243 e. The fourth-order valence-electron chi connectivity index (χ4n) is 14.9. The Kier molecular flexibility index (Phi) is 50.0. The Bertz CT molecular complexity index is 4620. The topological polar surface area (TPSA) is 809 Å². The molecule has 1 aromatic carbocycles. The summed E-state index contributed by atoms with van der Waals surface area (Å²) < 4.78 is 0. The summed E-state index contributed by atoms with van der Waals surface area (Å²) in [5, 5.41) is 54.8. The van der Waals surface area contributed by atoms with Gasteiger partial charge in [-0.05, 0) is 113 Å². The minimum atomic E-state index is -1.93. The molecule has 0 spiro atoms. The molecule has 2 saturated heterocycles. The Morgan fingerprint density at radius 1 is 0.493 bits per heavy atom. The van der Waals surface area contributed by atoms with E-state index in [1.807, 2.05) is 20.1 Å². The first kappa shape index (κ1) is 116. The molecule has 2 aliphatic rings. The third kappa shape index (κ3) is 42.2. The molecule has 0 saturated carbocycles. The predicted molar refractivity (Wildman–Crippen MR) is 508 cm³/mol. The first-order valence-corrected chi connectivity index (χ1v) is 47.7. The van der Waals surface area contributed by atoms with Crippen molar-refractivity contribution >= 4 is 141 Å². The van der Waals surface area contributed by atoms with Crippen LogP contribution >= 0.6 is 11.8 Å². The quantitative estimate of drug-likeness (QED) is 0.0233. The summed E-state index contributed by atoms with van der Waals surface area (Å²) in [5.41, 5.74) is 40.5. The molecule has 2 fully saturated rings. The van der Waals surface area contributed by atoms with E-state index in [0.29, 0.717) is 67.2 Å². The Balaban J connectivity index is 1.28. The summed E-state index contributed by atoms with van der Waals surface area (Å²) in [6.07, 6.45) is 3.39. The van der Waals surface area contributed by atoms with Crippen LogP contribution in [0.5, 0.6) is 0 Å². The lowest BCUT2D eigenvalue weighted by atomic mass is 10.0. The van der Waals surface area contributed by atoms with Crippen molar-refractivity contribution < 1.29 is 95.9 Å².